The van der Waals surface area contributed by atoms with Crippen molar-refractivity contribution in [3.63, 3.8) is 0 Å². The van der Waals surface area contributed by atoms with Crippen molar-refractivity contribution in [3.8, 4) is 0 Å². The van der Waals surface area contributed by atoms with Gasteiger partial charge in [0.05, 0.1) is 6.42 Å². The molecule has 0 aromatic heterocycles. The number of anilines is 1. The molecule has 0 saturated heterocycles. The molecule has 2 aliphatic carbocycles. The largest absolute Gasteiger partial charge is 0.388 e. The molecule has 2 atom stereocenters. The first-order valence-corrected chi connectivity index (χ1v) is 7.49. The number of aryl methyl sites for hydroxylation is 1. The number of carbonyl (C=O) groups is 3. The third-order valence-electron chi connectivity index (χ3n) is 4.73. The van der Waals surface area contributed by atoms with Crippen LogP contribution in [0.5, 0.6) is 0 Å². The Bertz CT molecular complexity index is 620. The van der Waals surface area contributed by atoms with Crippen LogP contribution in [0.2, 0.25) is 0 Å². The average molecular weight is 285 g/mol. The maximum absolute atomic E-state index is 12.7. The zero-order chi connectivity index (χ0) is 15.0. The Kier molecular flexibility index (Phi) is 3.62. The number of hydrogen-bond acceptors (Lipinski definition) is 4. The maximum Gasteiger partial charge on any atom is 0.166 e. The van der Waals surface area contributed by atoms with E-state index in [9.17, 15) is 14.4 Å². The minimum atomic E-state index is -0.257. The topological polar surface area (TPSA) is 63.2 Å². The van der Waals surface area contributed by atoms with Crippen LogP contribution in [-0.4, -0.2) is 24.4 Å². The number of carbonyl (C=O) groups excluding carboxylic acids is 3. The van der Waals surface area contributed by atoms with Crippen molar-refractivity contribution in [2.24, 2.45) is 11.8 Å². The molecule has 0 spiro atoms. The molecule has 1 aromatic carbocycles. The summed E-state index contributed by atoms with van der Waals surface area (Å²) in [5.74, 6) is -0.448. The highest BCUT2D eigenvalue weighted by atomic mass is 16.2. The van der Waals surface area contributed by atoms with Gasteiger partial charge in [-0.2, -0.15) is 0 Å². The molecule has 0 bridgehead atoms. The lowest BCUT2D eigenvalue weighted by molar-refractivity contribution is -0.133. The fraction of sp³-hybridized carbons (Fsp3) is 0.471. The van der Waals surface area contributed by atoms with Crippen LogP contribution in [0.15, 0.2) is 18.2 Å². The van der Waals surface area contributed by atoms with Gasteiger partial charge in [-0.05, 0) is 43.0 Å². The number of hydrogen-bond donors (Lipinski definition) is 1. The standard InChI is InChI=1S/C17H19NO3/c1-18-11-3-6-13-10(8-11)2-5-15(17(13)21)14-7-4-12(19)9-16(14)20/h3,6,8,14-15,18H,2,4-5,7,9H2,1H3. The smallest absolute Gasteiger partial charge is 0.166 e. The molecule has 2 aliphatic rings. The predicted octanol–water partition coefficient (Wildman–Crippen LogP) is 2.41. The molecule has 4 heteroatoms. The number of ketones is 3. The lowest BCUT2D eigenvalue weighted by Crippen LogP contribution is -2.37. The highest BCUT2D eigenvalue weighted by molar-refractivity contribution is 6.07. The Balaban J connectivity index is 1.85. The molecule has 1 aromatic rings. The lowest BCUT2D eigenvalue weighted by Gasteiger charge is -2.31. The van der Waals surface area contributed by atoms with Gasteiger partial charge in [0.2, 0.25) is 0 Å². The van der Waals surface area contributed by atoms with Crippen LogP contribution in [0.1, 0.15) is 41.6 Å². The quantitative estimate of drug-likeness (QED) is 0.848. The zero-order valence-electron chi connectivity index (χ0n) is 12.1. The highest BCUT2D eigenvalue weighted by Gasteiger charge is 2.39. The highest BCUT2D eigenvalue weighted by Crippen LogP contribution is 2.36. The first-order chi connectivity index (χ1) is 10.1. The van der Waals surface area contributed by atoms with E-state index < -0.39 is 0 Å². The molecule has 21 heavy (non-hydrogen) atoms. The van der Waals surface area contributed by atoms with E-state index in [0.29, 0.717) is 19.3 Å². The van der Waals surface area contributed by atoms with Gasteiger partial charge in [-0.25, -0.2) is 0 Å². The van der Waals surface area contributed by atoms with Gasteiger partial charge in [-0.1, -0.05) is 0 Å². The zero-order valence-corrected chi connectivity index (χ0v) is 12.1. The van der Waals surface area contributed by atoms with Crippen molar-refractivity contribution in [3.05, 3.63) is 29.3 Å². The summed E-state index contributed by atoms with van der Waals surface area (Å²) in [6.45, 7) is 0. The third kappa shape index (κ3) is 2.50. The Morgan fingerprint density at radius 3 is 2.52 bits per heavy atom. The van der Waals surface area contributed by atoms with Crippen molar-refractivity contribution in [2.75, 3.05) is 12.4 Å². The molecule has 110 valence electrons. The van der Waals surface area contributed by atoms with E-state index in [1.807, 2.05) is 25.2 Å². The number of benzene rings is 1. The van der Waals surface area contributed by atoms with Gasteiger partial charge in [-0.3, -0.25) is 14.4 Å². The summed E-state index contributed by atoms with van der Waals surface area (Å²) in [6, 6.07) is 5.76. The van der Waals surface area contributed by atoms with E-state index in [-0.39, 0.29) is 35.6 Å². The summed E-state index contributed by atoms with van der Waals surface area (Å²) in [6.07, 6.45) is 2.52. The maximum atomic E-state index is 12.7. The summed E-state index contributed by atoms with van der Waals surface area (Å²) >= 11 is 0. The Morgan fingerprint density at radius 1 is 1.05 bits per heavy atom. The van der Waals surface area contributed by atoms with Crippen LogP contribution in [0.4, 0.5) is 5.69 Å². The van der Waals surface area contributed by atoms with Crippen LogP contribution < -0.4 is 5.32 Å². The van der Waals surface area contributed by atoms with Gasteiger partial charge in [0.25, 0.3) is 0 Å². The van der Waals surface area contributed by atoms with E-state index in [1.54, 1.807) is 0 Å². The number of rotatable bonds is 2. The predicted molar refractivity (Wildman–Crippen MR) is 79.5 cm³/mol. The summed E-state index contributed by atoms with van der Waals surface area (Å²) in [7, 11) is 1.85. The van der Waals surface area contributed by atoms with Gasteiger partial charge < -0.3 is 5.32 Å². The molecule has 0 amide bonds. The van der Waals surface area contributed by atoms with Gasteiger partial charge in [0.1, 0.15) is 11.6 Å². The van der Waals surface area contributed by atoms with E-state index >= 15 is 0 Å². The number of Topliss-reactive ketones (excluding diaryl/α,β-unsaturated/α-hetero) is 3. The molecule has 1 fully saturated rings. The number of nitrogens with one attached hydrogen (secondary N) is 1. The molecule has 0 radical (unpaired) electrons. The molecular formula is C17H19NO3. The van der Waals surface area contributed by atoms with Gasteiger partial charge in [0, 0.05) is 36.6 Å². The van der Waals surface area contributed by atoms with Crippen molar-refractivity contribution in [1.29, 1.82) is 0 Å². The first-order valence-electron chi connectivity index (χ1n) is 7.49. The number of fused-ring (bicyclic) bond motifs is 1. The van der Waals surface area contributed by atoms with E-state index in [0.717, 1.165) is 23.2 Å². The van der Waals surface area contributed by atoms with Gasteiger partial charge in [0.15, 0.2) is 5.78 Å². The van der Waals surface area contributed by atoms with Crippen LogP contribution in [0.25, 0.3) is 0 Å². The van der Waals surface area contributed by atoms with Crippen molar-refractivity contribution in [2.45, 2.75) is 32.1 Å². The summed E-state index contributed by atoms with van der Waals surface area (Å²) < 4.78 is 0. The second-order valence-electron chi connectivity index (χ2n) is 5.96. The molecule has 1 N–H and O–H groups in total. The molecule has 0 aliphatic heterocycles. The third-order valence-corrected chi connectivity index (χ3v) is 4.73. The second-order valence-corrected chi connectivity index (χ2v) is 5.96. The molecular weight excluding hydrogens is 266 g/mol. The molecule has 2 unspecified atom stereocenters. The molecule has 4 nitrogen and oxygen atoms in total. The fourth-order valence-corrected chi connectivity index (χ4v) is 3.54. The van der Waals surface area contributed by atoms with E-state index in [2.05, 4.69) is 5.32 Å². The second kappa shape index (κ2) is 5.43. The first kappa shape index (κ1) is 14.0. The van der Waals surface area contributed by atoms with Crippen LogP contribution >= 0.6 is 0 Å². The average Bonchev–Trinajstić information content (AvgIpc) is 2.48. The van der Waals surface area contributed by atoms with Crippen molar-refractivity contribution < 1.29 is 14.4 Å². The minimum absolute atomic E-state index is 0.0126. The summed E-state index contributed by atoms with van der Waals surface area (Å²) in [4.78, 5) is 36.1. The van der Waals surface area contributed by atoms with Crippen molar-refractivity contribution in [1.82, 2.24) is 0 Å². The van der Waals surface area contributed by atoms with Gasteiger partial charge >= 0.3 is 0 Å². The lowest BCUT2D eigenvalue weighted by atomic mass is 9.70. The van der Waals surface area contributed by atoms with Crippen LogP contribution in [-0.2, 0) is 16.0 Å². The fourth-order valence-electron chi connectivity index (χ4n) is 3.54. The van der Waals surface area contributed by atoms with Crippen LogP contribution in [0, 0.1) is 11.8 Å². The Hall–Kier alpha value is -1.97. The normalized spacial score (nSPS) is 25.7. The summed E-state index contributed by atoms with van der Waals surface area (Å²) in [5.41, 5.74) is 2.80. The molecule has 3 rings (SSSR count). The summed E-state index contributed by atoms with van der Waals surface area (Å²) in [5, 5.41) is 3.08. The monoisotopic (exact) mass is 285 g/mol. The van der Waals surface area contributed by atoms with Crippen molar-refractivity contribution >= 4 is 23.0 Å². The van der Waals surface area contributed by atoms with Gasteiger partial charge in [-0.15, -0.1) is 0 Å². The van der Waals surface area contributed by atoms with Crippen LogP contribution in [0.3, 0.4) is 0 Å². The minimum Gasteiger partial charge on any atom is -0.388 e. The Morgan fingerprint density at radius 2 is 1.81 bits per heavy atom. The molecule has 1 saturated carbocycles. The molecule has 0 heterocycles. The Labute approximate surface area is 123 Å². The SMILES string of the molecule is CNc1ccc2c(c1)CCC(C1CCC(=O)CC1=O)C2=O. The van der Waals surface area contributed by atoms with E-state index in [1.165, 1.54) is 0 Å². The van der Waals surface area contributed by atoms with E-state index in [4.69, 9.17) is 0 Å².